The second-order valence-corrected chi connectivity index (χ2v) is 7.99. The lowest BCUT2D eigenvalue weighted by atomic mass is 10.1. The fourth-order valence-electron chi connectivity index (χ4n) is 2.92. The minimum absolute atomic E-state index is 0.0192. The molecular weight excluding hydrogens is 394 g/mol. The van der Waals surface area contributed by atoms with Crippen LogP contribution in [0.15, 0.2) is 30.4 Å². The molecule has 0 saturated carbocycles. The van der Waals surface area contributed by atoms with E-state index in [1.807, 2.05) is 0 Å². The van der Waals surface area contributed by atoms with Gasteiger partial charge in [-0.2, -0.15) is 0 Å². The molecule has 31 heavy (non-hydrogen) atoms. The van der Waals surface area contributed by atoms with Crippen molar-refractivity contribution in [2.45, 2.75) is 71.4 Å². The third kappa shape index (κ3) is 11.5. The molecule has 1 rings (SSSR count). The van der Waals surface area contributed by atoms with Crippen LogP contribution in [-0.2, 0) is 16.1 Å². The van der Waals surface area contributed by atoms with Gasteiger partial charge in [-0.1, -0.05) is 38.5 Å². The molecule has 7 nitrogen and oxygen atoms in total. The van der Waals surface area contributed by atoms with E-state index in [0.717, 1.165) is 37.7 Å². The molecule has 1 atom stereocenters. The first-order valence-corrected chi connectivity index (χ1v) is 11.1. The van der Waals surface area contributed by atoms with Crippen LogP contribution in [0.5, 0.6) is 11.5 Å². The fraction of sp³-hybridized carbons (Fsp3) is 0.583. The lowest BCUT2D eigenvalue weighted by molar-refractivity contribution is -0.136. The molecule has 0 unspecified atom stereocenters. The molecule has 0 bridgehead atoms. The van der Waals surface area contributed by atoms with Crippen LogP contribution in [-0.4, -0.2) is 31.6 Å². The first-order chi connectivity index (χ1) is 14.9. The summed E-state index contributed by atoms with van der Waals surface area (Å²) in [6.45, 7) is 5.25. The van der Waals surface area contributed by atoms with Crippen molar-refractivity contribution in [2.75, 3.05) is 13.7 Å². The Morgan fingerprint density at radius 2 is 1.90 bits per heavy atom. The molecule has 0 aliphatic carbocycles. The monoisotopic (exact) mass is 433 g/mol. The summed E-state index contributed by atoms with van der Waals surface area (Å²) in [5, 5.41) is 2.92. The number of nitrogens with two attached hydrogens (primary N) is 2. The number of rotatable bonds is 15. The average molecular weight is 434 g/mol. The van der Waals surface area contributed by atoms with E-state index < -0.39 is 12.0 Å². The molecule has 0 fully saturated rings. The van der Waals surface area contributed by atoms with E-state index in [2.05, 4.69) is 31.3 Å². The zero-order valence-corrected chi connectivity index (χ0v) is 19.2. The van der Waals surface area contributed by atoms with E-state index in [4.69, 9.17) is 20.9 Å². The zero-order valence-electron chi connectivity index (χ0n) is 19.2. The smallest absolute Gasteiger partial charge is 0.328 e. The molecule has 0 radical (unpaired) electrons. The lowest BCUT2D eigenvalue weighted by Crippen LogP contribution is -2.34. The topological polar surface area (TPSA) is 117 Å². The summed E-state index contributed by atoms with van der Waals surface area (Å²) >= 11 is 0. The van der Waals surface area contributed by atoms with E-state index in [0.29, 0.717) is 43.3 Å². The minimum Gasteiger partial charge on any atom is -0.493 e. The van der Waals surface area contributed by atoms with E-state index in [1.54, 1.807) is 18.2 Å². The Bertz CT molecular complexity index is 704. The van der Waals surface area contributed by atoms with E-state index in [9.17, 15) is 9.59 Å². The maximum Gasteiger partial charge on any atom is 0.328 e. The highest BCUT2D eigenvalue weighted by Gasteiger charge is 2.18. The average Bonchev–Trinajstić information content (AvgIpc) is 2.75. The first-order valence-electron chi connectivity index (χ1n) is 11.1. The zero-order chi connectivity index (χ0) is 23.1. The maximum atomic E-state index is 12.2. The Kier molecular flexibility index (Phi) is 13.3. The van der Waals surface area contributed by atoms with Gasteiger partial charge in [-0.25, -0.2) is 4.79 Å². The molecule has 0 aliphatic heterocycles. The van der Waals surface area contributed by atoms with Crippen molar-refractivity contribution in [1.82, 2.24) is 5.32 Å². The highest BCUT2D eigenvalue weighted by Crippen LogP contribution is 2.28. The van der Waals surface area contributed by atoms with E-state index in [-0.39, 0.29) is 5.91 Å². The number of hydrogen-bond acceptors (Lipinski definition) is 6. The van der Waals surface area contributed by atoms with Crippen LogP contribution in [0.3, 0.4) is 0 Å². The number of benzene rings is 1. The number of esters is 1. The third-order valence-corrected chi connectivity index (χ3v) is 4.75. The van der Waals surface area contributed by atoms with Crippen LogP contribution in [0, 0.1) is 5.92 Å². The van der Waals surface area contributed by atoms with Gasteiger partial charge in [-0.3, -0.25) is 4.79 Å². The van der Waals surface area contributed by atoms with Crippen molar-refractivity contribution >= 4 is 11.9 Å². The van der Waals surface area contributed by atoms with Gasteiger partial charge in [0.2, 0.25) is 5.91 Å². The van der Waals surface area contributed by atoms with Crippen LogP contribution in [0.4, 0.5) is 0 Å². The van der Waals surface area contributed by atoms with Gasteiger partial charge in [0.25, 0.3) is 0 Å². The fourth-order valence-corrected chi connectivity index (χ4v) is 2.92. The number of carbonyl (C=O) groups is 2. The summed E-state index contributed by atoms with van der Waals surface area (Å²) in [7, 11) is 1.50. The highest BCUT2D eigenvalue weighted by molar-refractivity contribution is 5.78. The van der Waals surface area contributed by atoms with Crippen molar-refractivity contribution in [3.63, 3.8) is 0 Å². The van der Waals surface area contributed by atoms with Crippen molar-refractivity contribution in [3.05, 3.63) is 35.9 Å². The number of methoxy groups -OCH3 is 1. The van der Waals surface area contributed by atoms with Crippen LogP contribution in [0.1, 0.15) is 64.4 Å². The van der Waals surface area contributed by atoms with Gasteiger partial charge in [-0.05, 0) is 62.3 Å². The standard InChI is InChI=1S/C24H39N3O4/c1-18(2)10-6-4-5-7-12-23(28)27-17-19-13-14-21(22(16-19)30-3)31-24(29)20(26)11-8-9-15-25/h6,10,13-14,16,18,20H,4-5,7-9,11-12,15,17,25-26H2,1-3H3,(H,27,28)/b10-6+/t20-/m0/s1. The van der Waals surface area contributed by atoms with Crippen LogP contribution in [0.25, 0.3) is 0 Å². The molecule has 0 heterocycles. The second kappa shape index (κ2) is 15.4. The Balaban J connectivity index is 2.46. The molecule has 0 aromatic heterocycles. The molecule has 174 valence electrons. The molecule has 1 aromatic carbocycles. The van der Waals surface area contributed by atoms with Gasteiger partial charge in [0, 0.05) is 13.0 Å². The van der Waals surface area contributed by atoms with Gasteiger partial charge >= 0.3 is 5.97 Å². The van der Waals surface area contributed by atoms with Gasteiger partial charge in [0.1, 0.15) is 6.04 Å². The second-order valence-electron chi connectivity index (χ2n) is 7.99. The summed E-state index contributed by atoms with van der Waals surface area (Å²) in [6, 6.07) is 4.50. The molecule has 7 heteroatoms. The summed E-state index contributed by atoms with van der Waals surface area (Å²) in [5.74, 6) is 0.816. The number of unbranched alkanes of at least 4 members (excludes halogenated alkanes) is 3. The number of nitrogens with one attached hydrogen (secondary N) is 1. The predicted molar refractivity (Wildman–Crippen MR) is 124 cm³/mol. The van der Waals surface area contributed by atoms with Gasteiger partial charge < -0.3 is 26.3 Å². The third-order valence-electron chi connectivity index (χ3n) is 4.75. The SMILES string of the molecule is COc1cc(CNC(=O)CCCC/C=C/C(C)C)ccc1OC(=O)[C@@H](N)CCCCN. The van der Waals surface area contributed by atoms with Gasteiger partial charge in [0.05, 0.1) is 7.11 Å². The van der Waals surface area contributed by atoms with Crippen molar-refractivity contribution < 1.29 is 19.1 Å². The molecule has 1 aromatic rings. The van der Waals surface area contributed by atoms with Gasteiger partial charge in [0.15, 0.2) is 11.5 Å². The summed E-state index contributed by atoms with van der Waals surface area (Å²) in [5.41, 5.74) is 12.2. The molecule has 0 aliphatic rings. The molecule has 1 amide bonds. The van der Waals surface area contributed by atoms with Crippen molar-refractivity contribution in [3.8, 4) is 11.5 Å². The molecular formula is C24H39N3O4. The van der Waals surface area contributed by atoms with Gasteiger partial charge in [-0.15, -0.1) is 0 Å². The van der Waals surface area contributed by atoms with Crippen LogP contribution in [0.2, 0.25) is 0 Å². The Morgan fingerprint density at radius 3 is 2.58 bits per heavy atom. The summed E-state index contributed by atoms with van der Waals surface area (Å²) < 4.78 is 10.7. The number of ether oxygens (including phenoxy) is 2. The molecule has 5 N–H and O–H groups in total. The van der Waals surface area contributed by atoms with Crippen LogP contribution >= 0.6 is 0 Å². The van der Waals surface area contributed by atoms with Crippen molar-refractivity contribution in [1.29, 1.82) is 0 Å². The van der Waals surface area contributed by atoms with Crippen LogP contribution < -0.4 is 26.3 Å². The largest absolute Gasteiger partial charge is 0.493 e. The summed E-state index contributed by atoms with van der Waals surface area (Å²) in [4.78, 5) is 24.2. The van der Waals surface area contributed by atoms with E-state index in [1.165, 1.54) is 7.11 Å². The molecule has 0 saturated heterocycles. The predicted octanol–water partition coefficient (Wildman–Crippen LogP) is 3.45. The first kappa shape index (κ1) is 26.7. The Morgan fingerprint density at radius 1 is 1.13 bits per heavy atom. The number of amides is 1. The lowest BCUT2D eigenvalue weighted by Gasteiger charge is -2.14. The Labute approximate surface area is 186 Å². The maximum absolute atomic E-state index is 12.2. The molecule has 0 spiro atoms. The summed E-state index contributed by atoms with van der Waals surface area (Å²) in [6.07, 6.45) is 9.84. The number of allylic oxidation sites excluding steroid dienone is 2. The van der Waals surface area contributed by atoms with Crippen molar-refractivity contribution in [2.24, 2.45) is 17.4 Å². The quantitative estimate of drug-likeness (QED) is 0.169. The Hall–Kier alpha value is -2.38. The number of carbonyl (C=O) groups excluding carboxylic acids is 2. The van der Waals surface area contributed by atoms with E-state index >= 15 is 0 Å². The number of hydrogen-bond donors (Lipinski definition) is 3. The normalized spacial score (nSPS) is 12.2. The minimum atomic E-state index is -0.698. The highest BCUT2D eigenvalue weighted by atomic mass is 16.6.